The monoisotopic (exact) mass is 598 g/mol. The third kappa shape index (κ3) is 5.46. The normalized spacial score (nSPS) is 14.8. The van der Waals surface area contributed by atoms with Gasteiger partial charge in [0, 0.05) is 36.9 Å². The summed E-state index contributed by atoms with van der Waals surface area (Å²) in [5.41, 5.74) is 6.41. The van der Waals surface area contributed by atoms with Crippen molar-refractivity contribution in [2.45, 2.75) is 33.7 Å². The van der Waals surface area contributed by atoms with Crippen LogP contribution in [0.25, 0.3) is 11.8 Å². The molecule has 2 aromatic carbocycles. The van der Waals surface area contributed by atoms with E-state index in [4.69, 9.17) is 9.47 Å². The number of carbonyl (C=O) groups excluding carboxylic acids is 2. The van der Waals surface area contributed by atoms with E-state index in [0.717, 1.165) is 33.9 Å². The minimum Gasteiger partial charge on any atom is -0.465 e. The molecule has 3 heterocycles. The number of allylic oxidation sites excluding steroid dienone is 1. The van der Waals surface area contributed by atoms with Crippen molar-refractivity contribution >= 4 is 35.0 Å². The summed E-state index contributed by atoms with van der Waals surface area (Å²) in [6, 6.07) is 16.4. The van der Waals surface area contributed by atoms with Crippen LogP contribution in [0.2, 0.25) is 0 Å². The highest BCUT2D eigenvalue weighted by atomic mass is 32.1. The lowest BCUT2D eigenvalue weighted by Gasteiger charge is -2.25. The minimum absolute atomic E-state index is 0.213. The Hall–Kier alpha value is -4.70. The molecule has 0 unspecified atom stereocenters. The van der Waals surface area contributed by atoms with Gasteiger partial charge < -0.3 is 18.9 Å². The van der Waals surface area contributed by atoms with Gasteiger partial charge in [-0.1, -0.05) is 29.5 Å². The molecule has 0 saturated carbocycles. The molecule has 9 nitrogen and oxygen atoms in total. The van der Waals surface area contributed by atoms with Crippen LogP contribution in [0.3, 0.4) is 0 Å². The average Bonchev–Trinajstić information content (AvgIpc) is 3.45. The number of anilines is 1. The van der Waals surface area contributed by atoms with Gasteiger partial charge in [-0.15, -0.1) is 0 Å². The summed E-state index contributed by atoms with van der Waals surface area (Å²) in [6.07, 6.45) is 1.86. The molecule has 0 spiro atoms. The maximum absolute atomic E-state index is 14.1. The van der Waals surface area contributed by atoms with Crippen LogP contribution in [-0.4, -0.2) is 48.9 Å². The number of rotatable bonds is 7. The number of ether oxygens (including phenoxy) is 2. The average molecular weight is 599 g/mol. The van der Waals surface area contributed by atoms with Gasteiger partial charge in [0.2, 0.25) is 0 Å². The van der Waals surface area contributed by atoms with E-state index >= 15 is 0 Å². The number of methoxy groups -OCH3 is 1. The number of esters is 2. The van der Waals surface area contributed by atoms with E-state index in [-0.39, 0.29) is 12.2 Å². The summed E-state index contributed by atoms with van der Waals surface area (Å²) in [4.78, 5) is 46.6. The van der Waals surface area contributed by atoms with Gasteiger partial charge >= 0.3 is 11.9 Å². The molecular weight excluding hydrogens is 564 g/mol. The van der Waals surface area contributed by atoms with Crippen molar-refractivity contribution in [1.82, 2.24) is 9.13 Å². The van der Waals surface area contributed by atoms with Crippen molar-refractivity contribution in [3.8, 4) is 5.69 Å². The highest BCUT2D eigenvalue weighted by Gasteiger charge is 2.33. The fraction of sp³-hybridized carbons (Fsp3) is 0.273. The first-order valence-electron chi connectivity index (χ1n) is 13.9. The Morgan fingerprint density at radius 1 is 1.05 bits per heavy atom. The predicted octanol–water partition coefficient (Wildman–Crippen LogP) is 4.06. The zero-order valence-corrected chi connectivity index (χ0v) is 26.1. The Morgan fingerprint density at radius 2 is 1.77 bits per heavy atom. The van der Waals surface area contributed by atoms with Crippen LogP contribution in [0.15, 0.2) is 75.7 Å². The van der Waals surface area contributed by atoms with Crippen molar-refractivity contribution in [2.75, 3.05) is 32.7 Å². The Labute approximate surface area is 253 Å². The number of aryl methyl sites for hydroxylation is 1. The second kappa shape index (κ2) is 11.9. The topological polar surface area (TPSA) is 95.1 Å². The maximum Gasteiger partial charge on any atom is 0.338 e. The lowest BCUT2D eigenvalue weighted by Crippen LogP contribution is -2.40. The smallest absolute Gasteiger partial charge is 0.338 e. The summed E-state index contributed by atoms with van der Waals surface area (Å²) in [5, 5.41) is 0. The summed E-state index contributed by atoms with van der Waals surface area (Å²) >= 11 is 1.29. The number of fused-ring (bicyclic) bond motifs is 1. The summed E-state index contributed by atoms with van der Waals surface area (Å²) in [7, 11) is 5.27. The molecule has 1 aliphatic rings. The van der Waals surface area contributed by atoms with Gasteiger partial charge in [0.25, 0.3) is 5.56 Å². The van der Waals surface area contributed by atoms with Crippen molar-refractivity contribution in [1.29, 1.82) is 0 Å². The largest absolute Gasteiger partial charge is 0.465 e. The summed E-state index contributed by atoms with van der Waals surface area (Å²) in [6.45, 7) is 7.69. The standard InChI is InChI=1S/C33H34N4O5S/c1-8-42-32(40)28-20(3)34-33-37(29(28)22-12-14-25(15-13-22)35(5)6)30(38)27(43-33)18-24-16-19(2)36(21(24)4)26-11-9-10-23(17-26)31(39)41-7/h9-18,29H,8H2,1-7H3/b27-18+/t29-/m1/s1. The first-order chi connectivity index (χ1) is 20.5. The lowest BCUT2D eigenvalue weighted by molar-refractivity contribution is -0.139. The maximum atomic E-state index is 14.1. The van der Waals surface area contributed by atoms with Crippen LogP contribution < -0.4 is 19.8 Å². The molecule has 0 N–H and O–H groups in total. The minimum atomic E-state index is -0.679. The van der Waals surface area contributed by atoms with Gasteiger partial charge in [-0.2, -0.15) is 0 Å². The molecule has 43 heavy (non-hydrogen) atoms. The SMILES string of the molecule is CCOC(=O)C1=C(C)N=c2s/c(=C/c3cc(C)n(-c4cccc(C(=O)OC)c4)c3C)c(=O)n2[C@@H]1c1ccc(N(C)C)cc1. The molecule has 4 aromatic rings. The van der Waals surface area contributed by atoms with Crippen LogP contribution in [0.1, 0.15) is 52.8 Å². The number of nitrogens with zero attached hydrogens (tertiary/aromatic N) is 4. The Morgan fingerprint density at radius 3 is 2.42 bits per heavy atom. The molecule has 0 radical (unpaired) electrons. The van der Waals surface area contributed by atoms with E-state index in [1.807, 2.05) is 86.0 Å². The van der Waals surface area contributed by atoms with Crippen molar-refractivity contribution < 1.29 is 19.1 Å². The van der Waals surface area contributed by atoms with E-state index in [0.29, 0.717) is 26.2 Å². The number of thiazole rings is 1. The molecule has 0 amide bonds. The highest BCUT2D eigenvalue weighted by molar-refractivity contribution is 7.07. The zero-order valence-electron chi connectivity index (χ0n) is 25.3. The summed E-state index contributed by atoms with van der Waals surface area (Å²) in [5.74, 6) is -0.897. The van der Waals surface area contributed by atoms with Gasteiger partial charge in [0.15, 0.2) is 4.80 Å². The number of carbonyl (C=O) groups is 2. The molecular formula is C33H34N4O5S. The van der Waals surface area contributed by atoms with E-state index in [1.165, 1.54) is 18.4 Å². The van der Waals surface area contributed by atoms with Gasteiger partial charge in [-0.25, -0.2) is 14.6 Å². The first kappa shape index (κ1) is 29.8. The van der Waals surface area contributed by atoms with Crippen LogP contribution in [0.4, 0.5) is 5.69 Å². The van der Waals surface area contributed by atoms with E-state index in [9.17, 15) is 14.4 Å². The Kier molecular flexibility index (Phi) is 8.23. The molecule has 0 fully saturated rings. The third-order valence-electron chi connectivity index (χ3n) is 7.52. The van der Waals surface area contributed by atoms with E-state index < -0.39 is 18.0 Å². The Balaban J connectivity index is 1.66. The molecule has 0 saturated heterocycles. The van der Waals surface area contributed by atoms with Crippen LogP contribution in [0.5, 0.6) is 0 Å². The van der Waals surface area contributed by atoms with Crippen LogP contribution in [-0.2, 0) is 14.3 Å². The van der Waals surface area contributed by atoms with Gasteiger partial charge in [-0.05, 0) is 81.3 Å². The number of hydrogen-bond donors (Lipinski definition) is 0. The number of benzene rings is 2. The highest BCUT2D eigenvalue weighted by Crippen LogP contribution is 2.32. The molecule has 0 aliphatic carbocycles. The van der Waals surface area contributed by atoms with Gasteiger partial charge in [-0.3, -0.25) is 9.36 Å². The second-order valence-electron chi connectivity index (χ2n) is 10.5. The molecule has 10 heteroatoms. The fourth-order valence-corrected chi connectivity index (χ4v) is 6.46. The van der Waals surface area contributed by atoms with Crippen molar-refractivity contribution in [2.24, 2.45) is 4.99 Å². The van der Waals surface area contributed by atoms with Crippen LogP contribution in [0, 0.1) is 13.8 Å². The molecule has 222 valence electrons. The van der Waals surface area contributed by atoms with E-state index in [2.05, 4.69) is 4.99 Å². The Bertz CT molecular complexity index is 1940. The lowest BCUT2D eigenvalue weighted by atomic mass is 9.95. The molecule has 1 atom stereocenters. The van der Waals surface area contributed by atoms with E-state index in [1.54, 1.807) is 30.5 Å². The predicted molar refractivity (Wildman–Crippen MR) is 168 cm³/mol. The third-order valence-corrected chi connectivity index (χ3v) is 8.51. The molecule has 5 rings (SSSR count). The van der Waals surface area contributed by atoms with Gasteiger partial charge in [0.05, 0.1) is 41.1 Å². The van der Waals surface area contributed by atoms with Crippen LogP contribution >= 0.6 is 11.3 Å². The zero-order chi connectivity index (χ0) is 31.0. The molecule has 2 aromatic heterocycles. The molecule has 0 bridgehead atoms. The summed E-state index contributed by atoms with van der Waals surface area (Å²) < 4.78 is 14.4. The number of hydrogen-bond acceptors (Lipinski definition) is 8. The van der Waals surface area contributed by atoms with Gasteiger partial charge in [0.1, 0.15) is 0 Å². The number of aromatic nitrogens is 2. The van der Waals surface area contributed by atoms with Crippen molar-refractivity contribution in [3.63, 3.8) is 0 Å². The second-order valence-corrected chi connectivity index (χ2v) is 11.5. The van der Waals surface area contributed by atoms with Crippen molar-refractivity contribution in [3.05, 3.63) is 114 Å². The molecule has 1 aliphatic heterocycles. The first-order valence-corrected chi connectivity index (χ1v) is 14.7. The fourth-order valence-electron chi connectivity index (χ4n) is 5.42. The quantitative estimate of drug-likeness (QED) is 0.298.